The maximum Gasteiger partial charge on any atom is 0.327 e. The minimum atomic E-state index is -2.68. The average molecular weight is 190 g/mol. The van der Waals surface area contributed by atoms with Gasteiger partial charge in [-0.1, -0.05) is 12.8 Å². The summed E-state index contributed by atoms with van der Waals surface area (Å²) in [4.78, 5) is 0. The third-order valence-electron chi connectivity index (χ3n) is 2.69. The van der Waals surface area contributed by atoms with Crippen LogP contribution in [-0.4, -0.2) is 19.4 Å². The highest BCUT2D eigenvalue weighted by Gasteiger charge is 2.37. The minimum Gasteiger partial charge on any atom is -0.308 e. The van der Waals surface area contributed by atoms with Gasteiger partial charge in [-0.3, -0.25) is 4.57 Å². The summed E-state index contributed by atoms with van der Waals surface area (Å²) in [7, 11) is -2.68. The molecule has 3 nitrogen and oxygen atoms in total. The lowest BCUT2D eigenvalue weighted by Crippen LogP contribution is -2.34. The van der Waals surface area contributed by atoms with E-state index in [2.05, 4.69) is 0 Å². The number of hydrogen-bond donors (Lipinski definition) is 0. The molecule has 1 heterocycles. The first-order valence-electron chi connectivity index (χ1n) is 4.58. The van der Waals surface area contributed by atoms with Crippen LogP contribution in [0.25, 0.3) is 0 Å². The van der Waals surface area contributed by atoms with Crippen LogP contribution in [-0.2, 0) is 13.6 Å². The average Bonchev–Trinajstić information content (AvgIpc) is 2.02. The van der Waals surface area contributed by atoms with Crippen LogP contribution in [0.4, 0.5) is 0 Å². The van der Waals surface area contributed by atoms with Crippen LogP contribution in [0.3, 0.4) is 0 Å². The summed E-state index contributed by atoms with van der Waals surface area (Å²) >= 11 is 0. The Morgan fingerprint density at radius 1 is 1.33 bits per heavy atom. The fourth-order valence-electron chi connectivity index (χ4n) is 2.01. The molecule has 0 aromatic rings. The van der Waals surface area contributed by atoms with E-state index in [0.29, 0.717) is 12.5 Å². The molecule has 4 heteroatoms. The van der Waals surface area contributed by atoms with Crippen LogP contribution in [0, 0.1) is 5.92 Å². The van der Waals surface area contributed by atoms with Gasteiger partial charge >= 0.3 is 7.60 Å². The molecule has 1 saturated heterocycles. The maximum absolute atomic E-state index is 11.4. The molecule has 1 saturated carbocycles. The van der Waals surface area contributed by atoms with Crippen molar-refractivity contribution >= 4 is 7.60 Å². The van der Waals surface area contributed by atoms with Gasteiger partial charge in [-0.2, -0.15) is 0 Å². The van der Waals surface area contributed by atoms with Crippen molar-refractivity contribution < 1.29 is 13.6 Å². The van der Waals surface area contributed by atoms with Crippen molar-refractivity contribution in [2.24, 2.45) is 5.92 Å². The summed E-state index contributed by atoms with van der Waals surface area (Å²) in [5.74, 6) is 0.501. The van der Waals surface area contributed by atoms with Gasteiger partial charge in [-0.25, -0.2) is 0 Å². The van der Waals surface area contributed by atoms with Gasteiger partial charge in [-0.15, -0.1) is 0 Å². The quantitative estimate of drug-likeness (QED) is 0.550. The summed E-state index contributed by atoms with van der Waals surface area (Å²) in [6, 6.07) is 0. The highest BCUT2D eigenvalue weighted by molar-refractivity contribution is 7.53. The molecule has 0 amide bonds. The van der Waals surface area contributed by atoms with E-state index in [-0.39, 0.29) is 6.10 Å². The van der Waals surface area contributed by atoms with Crippen molar-refractivity contribution in [2.75, 3.05) is 13.3 Å². The Balaban J connectivity index is 2.03. The lowest BCUT2D eigenvalue weighted by Gasteiger charge is -2.37. The standard InChI is InChI=1S/C8H15O3P/c1-12(9)10-6-7-4-2-3-5-8(7)11-12/h7-8H,2-6H2,1H3. The summed E-state index contributed by atoms with van der Waals surface area (Å²) in [5, 5.41) is 0. The van der Waals surface area contributed by atoms with Gasteiger partial charge in [0.05, 0.1) is 12.7 Å². The highest BCUT2D eigenvalue weighted by Crippen LogP contribution is 2.52. The topological polar surface area (TPSA) is 35.5 Å². The van der Waals surface area contributed by atoms with E-state index in [1.54, 1.807) is 6.66 Å². The molecule has 2 fully saturated rings. The second-order valence-corrected chi connectivity index (χ2v) is 5.77. The van der Waals surface area contributed by atoms with Crippen molar-refractivity contribution in [3.05, 3.63) is 0 Å². The molecule has 0 aromatic carbocycles. The number of hydrogen-bond acceptors (Lipinski definition) is 3. The second-order valence-electron chi connectivity index (χ2n) is 3.76. The third kappa shape index (κ3) is 1.73. The maximum atomic E-state index is 11.4. The Bertz CT molecular complexity index is 216. The molecule has 3 atom stereocenters. The van der Waals surface area contributed by atoms with Gasteiger partial charge < -0.3 is 9.05 Å². The van der Waals surface area contributed by atoms with Gasteiger partial charge in [0, 0.05) is 12.6 Å². The lowest BCUT2D eigenvalue weighted by atomic mass is 9.87. The molecule has 70 valence electrons. The summed E-state index contributed by atoms with van der Waals surface area (Å²) < 4.78 is 22.0. The fraction of sp³-hybridized carbons (Fsp3) is 1.00. The van der Waals surface area contributed by atoms with Crippen LogP contribution in [0.15, 0.2) is 0 Å². The lowest BCUT2D eigenvalue weighted by molar-refractivity contribution is 0.00423. The van der Waals surface area contributed by atoms with E-state index in [1.807, 2.05) is 0 Å². The Labute approximate surface area is 73.0 Å². The summed E-state index contributed by atoms with van der Waals surface area (Å²) in [5.41, 5.74) is 0. The molecule has 0 N–H and O–H groups in total. The van der Waals surface area contributed by atoms with Crippen molar-refractivity contribution in [1.82, 2.24) is 0 Å². The monoisotopic (exact) mass is 190 g/mol. The molecule has 3 unspecified atom stereocenters. The Hall–Kier alpha value is 0.150. The van der Waals surface area contributed by atoms with Crippen LogP contribution in [0.5, 0.6) is 0 Å². The molecular formula is C8H15O3P. The normalized spacial score (nSPS) is 48.4. The Morgan fingerprint density at radius 2 is 2.08 bits per heavy atom. The fourth-order valence-corrected chi connectivity index (χ4v) is 3.30. The number of fused-ring (bicyclic) bond motifs is 1. The van der Waals surface area contributed by atoms with Crippen molar-refractivity contribution in [3.63, 3.8) is 0 Å². The minimum absolute atomic E-state index is 0.211. The molecule has 1 aliphatic heterocycles. The largest absolute Gasteiger partial charge is 0.327 e. The predicted molar refractivity (Wildman–Crippen MR) is 46.3 cm³/mol. The van der Waals surface area contributed by atoms with Gasteiger partial charge in [0.15, 0.2) is 0 Å². The zero-order chi connectivity index (χ0) is 8.60. The Morgan fingerprint density at radius 3 is 2.92 bits per heavy atom. The van der Waals surface area contributed by atoms with Crippen LogP contribution in [0.1, 0.15) is 25.7 Å². The van der Waals surface area contributed by atoms with Crippen LogP contribution in [0.2, 0.25) is 0 Å². The van der Waals surface area contributed by atoms with E-state index in [0.717, 1.165) is 6.42 Å². The third-order valence-corrected chi connectivity index (χ3v) is 3.96. The molecule has 0 aromatic heterocycles. The van der Waals surface area contributed by atoms with E-state index in [9.17, 15) is 4.57 Å². The summed E-state index contributed by atoms with van der Waals surface area (Å²) in [6.45, 7) is 2.20. The zero-order valence-corrected chi connectivity index (χ0v) is 8.26. The van der Waals surface area contributed by atoms with Crippen LogP contribution >= 0.6 is 7.60 Å². The highest BCUT2D eigenvalue weighted by atomic mass is 31.2. The molecule has 2 aliphatic rings. The van der Waals surface area contributed by atoms with E-state index in [1.165, 1.54) is 19.3 Å². The second kappa shape index (κ2) is 3.13. The van der Waals surface area contributed by atoms with Gasteiger partial charge in [0.2, 0.25) is 0 Å². The molecule has 1 aliphatic carbocycles. The van der Waals surface area contributed by atoms with Crippen molar-refractivity contribution in [3.8, 4) is 0 Å². The molecular weight excluding hydrogens is 175 g/mol. The molecule has 2 rings (SSSR count). The van der Waals surface area contributed by atoms with Crippen LogP contribution < -0.4 is 0 Å². The summed E-state index contributed by atoms with van der Waals surface area (Å²) in [6.07, 6.45) is 4.92. The number of rotatable bonds is 0. The molecule has 0 bridgehead atoms. The first-order valence-corrected chi connectivity index (χ1v) is 6.57. The molecule has 12 heavy (non-hydrogen) atoms. The first kappa shape index (κ1) is 8.74. The van der Waals surface area contributed by atoms with Crippen molar-refractivity contribution in [2.45, 2.75) is 31.8 Å². The van der Waals surface area contributed by atoms with E-state index < -0.39 is 7.60 Å². The van der Waals surface area contributed by atoms with E-state index >= 15 is 0 Å². The van der Waals surface area contributed by atoms with Gasteiger partial charge in [0.25, 0.3) is 0 Å². The predicted octanol–water partition coefficient (Wildman–Crippen LogP) is 2.41. The van der Waals surface area contributed by atoms with Gasteiger partial charge in [0.1, 0.15) is 0 Å². The Kier molecular flexibility index (Phi) is 2.28. The SMILES string of the molecule is CP1(=O)OCC2CCCCC2O1. The first-order chi connectivity index (χ1) is 5.67. The molecule has 0 spiro atoms. The molecule has 0 radical (unpaired) electrons. The van der Waals surface area contributed by atoms with Gasteiger partial charge in [-0.05, 0) is 12.8 Å². The van der Waals surface area contributed by atoms with Crippen molar-refractivity contribution in [1.29, 1.82) is 0 Å². The zero-order valence-electron chi connectivity index (χ0n) is 7.36. The van der Waals surface area contributed by atoms with E-state index in [4.69, 9.17) is 9.05 Å². The smallest absolute Gasteiger partial charge is 0.308 e.